The van der Waals surface area contributed by atoms with Crippen LogP contribution >= 0.6 is 11.4 Å². The number of aryl methyl sites for hydroxylation is 1. The molecule has 2 rings (SSSR count). The molecule has 0 fully saturated rings. The number of hydrogen-bond acceptors (Lipinski definition) is 1. The van der Waals surface area contributed by atoms with Crippen molar-refractivity contribution < 1.29 is 9.90 Å². The fourth-order valence-electron chi connectivity index (χ4n) is 1.81. The molecule has 20 heavy (non-hydrogen) atoms. The second kappa shape index (κ2) is 7.50. The molecule has 0 atom stereocenters. The molecule has 0 saturated heterocycles. The number of carbonyl (C=O) groups is 1. The van der Waals surface area contributed by atoms with Gasteiger partial charge < -0.3 is 10.4 Å². The van der Waals surface area contributed by atoms with E-state index < -0.39 is 5.97 Å². The molecule has 0 unspecified atom stereocenters. The van der Waals surface area contributed by atoms with Gasteiger partial charge in [-0.15, -0.1) is 0 Å². The van der Waals surface area contributed by atoms with Gasteiger partial charge in [-0.3, -0.25) is 0 Å². The third kappa shape index (κ3) is 4.24. The summed E-state index contributed by atoms with van der Waals surface area (Å²) in [5, 5.41) is 12.1. The molecule has 2 N–H and O–H groups in total. The van der Waals surface area contributed by atoms with Crippen molar-refractivity contribution in [1.29, 1.82) is 0 Å². The maximum atomic E-state index is 11.0. The minimum Gasteiger partial charge on any atom is -0.478 e. The SMILES string of the molecule is O=C(O)c1ccccc1NC=[SH]CCc1ccccc1. The summed E-state index contributed by atoms with van der Waals surface area (Å²) in [5.41, 5.74) is 4.14. The topological polar surface area (TPSA) is 49.3 Å². The molecule has 0 radical (unpaired) electrons. The van der Waals surface area contributed by atoms with E-state index in [1.807, 2.05) is 29.8 Å². The molecule has 3 nitrogen and oxygen atoms in total. The number of nitrogens with one attached hydrogen (secondary N) is 1. The number of benzene rings is 2. The Morgan fingerprint density at radius 3 is 2.55 bits per heavy atom. The summed E-state index contributed by atoms with van der Waals surface area (Å²) in [4.78, 5) is 11.0. The number of thiol groups is 1. The van der Waals surface area contributed by atoms with Crippen molar-refractivity contribution >= 4 is 28.5 Å². The monoisotopic (exact) mass is 287 g/mol. The van der Waals surface area contributed by atoms with E-state index in [1.165, 1.54) is 5.56 Å². The lowest BCUT2D eigenvalue weighted by Gasteiger charge is -2.04. The van der Waals surface area contributed by atoms with Crippen molar-refractivity contribution in [1.82, 2.24) is 0 Å². The van der Waals surface area contributed by atoms with Crippen LogP contribution in [0.15, 0.2) is 54.6 Å². The third-order valence-corrected chi connectivity index (χ3v) is 3.63. The molecule has 0 bridgehead atoms. The fourth-order valence-corrected chi connectivity index (χ4v) is 2.56. The summed E-state index contributed by atoms with van der Waals surface area (Å²) < 4.78 is 0. The van der Waals surface area contributed by atoms with Crippen molar-refractivity contribution in [3.63, 3.8) is 0 Å². The quantitative estimate of drug-likeness (QED) is 0.564. The Bertz CT molecular complexity index is 596. The highest BCUT2D eigenvalue weighted by Gasteiger charge is 2.06. The van der Waals surface area contributed by atoms with Gasteiger partial charge in [0.2, 0.25) is 0 Å². The minimum absolute atomic E-state index is 0.294. The Morgan fingerprint density at radius 1 is 1.10 bits per heavy atom. The summed E-state index contributed by atoms with van der Waals surface area (Å²) in [5.74, 6) is 0.0918. The average Bonchev–Trinajstić information content (AvgIpc) is 2.48. The molecule has 104 valence electrons. The van der Waals surface area contributed by atoms with E-state index in [4.69, 9.17) is 5.11 Å². The maximum Gasteiger partial charge on any atom is 0.337 e. The van der Waals surface area contributed by atoms with Crippen molar-refractivity contribution in [2.24, 2.45) is 0 Å². The first-order valence-corrected chi connectivity index (χ1v) is 7.53. The van der Waals surface area contributed by atoms with Gasteiger partial charge in [0.05, 0.1) is 11.3 Å². The van der Waals surface area contributed by atoms with E-state index in [-0.39, 0.29) is 0 Å². The van der Waals surface area contributed by atoms with Crippen molar-refractivity contribution in [2.45, 2.75) is 6.42 Å². The third-order valence-electron chi connectivity index (χ3n) is 2.84. The molecule has 0 heterocycles. The van der Waals surface area contributed by atoms with Crippen LogP contribution < -0.4 is 5.32 Å². The summed E-state index contributed by atoms with van der Waals surface area (Å²) >= 11 is 1.14. The van der Waals surface area contributed by atoms with E-state index >= 15 is 0 Å². The zero-order chi connectivity index (χ0) is 14.2. The van der Waals surface area contributed by atoms with Crippen LogP contribution in [-0.4, -0.2) is 22.3 Å². The Kier molecular flexibility index (Phi) is 5.38. The van der Waals surface area contributed by atoms with E-state index in [9.17, 15) is 4.79 Å². The lowest BCUT2D eigenvalue weighted by molar-refractivity contribution is 0.0698. The first-order chi connectivity index (χ1) is 9.77. The molecular formula is C16H17NO2S. The first-order valence-electron chi connectivity index (χ1n) is 6.38. The van der Waals surface area contributed by atoms with E-state index in [1.54, 1.807) is 18.2 Å². The van der Waals surface area contributed by atoms with Gasteiger partial charge in [-0.05, 0) is 29.9 Å². The van der Waals surface area contributed by atoms with Crippen LogP contribution in [0.2, 0.25) is 0 Å². The molecule has 0 spiro atoms. The van der Waals surface area contributed by atoms with Crippen LogP contribution in [-0.2, 0) is 6.42 Å². The van der Waals surface area contributed by atoms with Crippen LogP contribution in [0.3, 0.4) is 0 Å². The number of hydrogen-bond donors (Lipinski definition) is 3. The van der Waals surface area contributed by atoms with Crippen LogP contribution in [0.4, 0.5) is 5.69 Å². The van der Waals surface area contributed by atoms with Gasteiger partial charge in [0.15, 0.2) is 0 Å². The van der Waals surface area contributed by atoms with Gasteiger partial charge in [0, 0.05) is 5.49 Å². The normalized spacial score (nSPS) is 11.0. The number of anilines is 1. The Hall–Kier alpha value is -2.07. The molecule has 2 aromatic carbocycles. The second-order valence-corrected chi connectivity index (χ2v) is 5.34. The van der Waals surface area contributed by atoms with Gasteiger partial charge in [-0.1, -0.05) is 42.5 Å². The van der Waals surface area contributed by atoms with Crippen LogP contribution in [0, 0.1) is 0 Å². The lowest BCUT2D eigenvalue weighted by Crippen LogP contribution is -2.03. The summed E-state index contributed by atoms with van der Waals surface area (Å²) in [7, 11) is 0. The highest BCUT2D eigenvalue weighted by molar-refractivity contribution is 7.97. The van der Waals surface area contributed by atoms with Crippen molar-refractivity contribution in [3.05, 3.63) is 65.7 Å². The van der Waals surface area contributed by atoms with Gasteiger partial charge in [0.1, 0.15) is 0 Å². The molecule has 0 amide bonds. The highest BCUT2D eigenvalue weighted by Crippen LogP contribution is 2.14. The standard InChI is InChI=1S/C16H17NO2S/c18-16(19)14-8-4-5-9-15(14)17-12-20-11-10-13-6-2-1-3-7-13/h1-9,12,17,20H,10-11H2,(H,18,19). The molecule has 0 saturated carbocycles. The molecular weight excluding hydrogens is 270 g/mol. The molecule has 0 aliphatic heterocycles. The van der Waals surface area contributed by atoms with E-state index in [2.05, 4.69) is 17.4 Å². The van der Waals surface area contributed by atoms with Crippen molar-refractivity contribution in [2.75, 3.05) is 11.1 Å². The predicted molar refractivity (Wildman–Crippen MR) is 87.1 cm³/mol. The largest absolute Gasteiger partial charge is 0.478 e. The lowest BCUT2D eigenvalue weighted by atomic mass is 10.2. The Morgan fingerprint density at radius 2 is 1.80 bits per heavy atom. The fraction of sp³-hybridized carbons (Fsp3) is 0.125. The van der Waals surface area contributed by atoms with E-state index in [0.29, 0.717) is 11.3 Å². The minimum atomic E-state index is -0.914. The maximum absolute atomic E-state index is 11.0. The highest BCUT2D eigenvalue weighted by atomic mass is 32.1. The second-order valence-electron chi connectivity index (χ2n) is 4.27. The van der Waals surface area contributed by atoms with Gasteiger partial charge in [0.25, 0.3) is 0 Å². The smallest absolute Gasteiger partial charge is 0.337 e. The average molecular weight is 287 g/mol. The zero-order valence-corrected chi connectivity index (χ0v) is 11.9. The van der Waals surface area contributed by atoms with Crippen molar-refractivity contribution in [3.8, 4) is 0 Å². The number of carboxylic acids is 1. The molecule has 0 aliphatic rings. The van der Waals surface area contributed by atoms with Crippen LogP contribution in [0.25, 0.3) is 0 Å². The summed E-state index contributed by atoms with van der Waals surface area (Å²) in [6, 6.07) is 17.2. The van der Waals surface area contributed by atoms with E-state index in [0.717, 1.165) is 23.5 Å². The number of aromatic carboxylic acids is 1. The number of rotatable bonds is 6. The molecule has 4 heteroatoms. The van der Waals surface area contributed by atoms with Gasteiger partial charge in [-0.25, -0.2) is 4.79 Å². The first kappa shape index (κ1) is 14.3. The molecule has 2 aromatic rings. The summed E-state index contributed by atoms with van der Waals surface area (Å²) in [6.45, 7) is 0. The Labute approximate surface area is 122 Å². The van der Waals surface area contributed by atoms with Crippen LogP contribution in [0.1, 0.15) is 15.9 Å². The number of para-hydroxylation sites is 1. The zero-order valence-electron chi connectivity index (χ0n) is 11.0. The molecule has 0 aliphatic carbocycles. The van der Waals surface area contributed by atoms with Gasteiger partial charge >= 0.3 is 5.97 Å². The number of carboxylic acid groups (broad SMARTS) is 1. The predicted octanol–water partition coefficient (Wildman–Crippen LogP) is 3.26. The van der Waals surface area contributed by atoms with Gasteiger partial charge in [-0.2, -0.15) is 11.4 Å². The summed E-state index contributed by atoms with van der Waals surface area (Å²) in [6.07, 6.45) is 1.02. The molecule has 0 aromatic heterocycles. The van der Waals surface area contributed by atoms with Crippen LogP contribution in [0.5, 0.6) is 0 Å². The Balaban J connectivity index is 1.86.